The molecule has 1 saturated heterocycles. The van der Waals surface area contributed by atoms with Crippen LogP contribution in [0.3, 0.4) is 0 Å². The van der Waals surface area contributed by atoms with Gasteiger partial charge < -0.3 is 15.0 Å². The van der Waals surface area contributed by atoms with E-state index in [4.69, 9.17) is 0 Å². The maximum atomic E-state index is 12.2. The molecule has 124 valence electrons. The van der Waals surface area contributed by atoms with Crippen molar-refractivity contribution < 1.29 is 27.5 Å². The van der Waals surface area contributed by atoms with Crippen molar-refractivity contribution in [2.45, 2.75) is 31.7 Å². The van der Waals surface area contributed by atoms with Crippen LogP contribution in [0.2, 0.25) is 0 Å². The standard InChI is InChI=1S/C15H15F3N2O3/c16-15(17,18)23-12-5-1-10(2-6-12)19-14(22)9-7-13(21)20(8-9)11-3-4-11/h1-2,5-6,9,11H,3-4,7-8H2,(H,19,22)/t9-/m0/s1. The lowest BCUT2D eigenvalue weighted by Crippen LogP contribution is -2.29. The molecule has 1 heterocycles. The van der Waals surface area contributed by atoms with Crippen LogP contribution < -0.4 is 10.1 Å². The lowest BCUT2D eigenvalue weighted by Gasteiger charge is -2.15. The van der Waals surface area contributed by atoms with E-state index >= 15 is 0 Å². The molecular weight excluding hydrogens is 313 g/mol. The maximum Gasteiger partial charge on any atom is 0.573 e. The Morgan fingerprint density at radius 1 is 1.22 bits per heavy atom. The van der Waals surface area contributed by atoms with Crippen LogP contribution in [0.4, 0.5) is 18.9 Å². The van der Waals surface area contributed by atoms with Crippen LogP contribution in [0.5, 0.6) is 5.75 Å². The molecule has 23 heavy (non-hydrogen) atoms. The Balaban J connectivity index is 1.56. The molecule has 1 N–H and O–H groups in total. The first kappa shape index (κ1) is 15.6. The highest BCUT2D eigenvalue weighted by atomic mass is 19.4. The van der Waals surface area contributed by atoms with Gasteiger partial charge in [0.15, 0.2) is 0 Å². The average molecular weight is 328 g/mol. The van der Waals surface area contributed by atoms with E-state index in [2.05, 4.69) is 10.1 Å². The highest BCUT2D eigenvalue weighted by molar-refractivity contribution is 5.97. The minimum absolute atomic E-state index is 0.0124. The number of carbonyl (C=O) groups excluding carboxylic acids is 2. The van der Waals surface area contributed by atoms with Crippen molar-refractivity contribution in [2.75, 3.05) is 11.9 Å². The van der Waals surface area contributed by atoms with Crippen LogP contribution in [0.25, 0.3) is 0 Å². The van der Waals surface area contributed by atoms with Gasteiger partial charge in [0.05, 0.1) is 5.92 Å². The first-order valence-electron chi connectivity index (χ1n) is 7.28. The van der Waals surface area contributed by atoms with Crippen molar-refractivity contribution >= 4 is 17.5 Å². The zero-order valence-electron chi connectivity index (χ0n) is 12.1. The number of nitrogens with one attached hydrogen (secondary N) is 1. The zero-order valence-corrected chi connectivity index (χ0v) is 12.1. The molecule has 2 aliphatic rings. The molecule has 2 fully saturated rings. The Morgan fingerprint density at radius 3 is 2.43 bits per heavy atom. The average Bonchev–Trinajstić information content (AvgIpc) is 3.22. The van der Waals surface area contributed by atoms with E-state index in [1.807, 2.05) is 0 Å². The minimum atomic E-state index is -4.75. The first-order chi connectivity index (χ1) is 10.8. The van der Waals surface area contributed by atoms with Crippen molar-refractivity contribution in [2.24, 2.45) is 5.92 Å². The Bertz CT molecular complexity index is 611. The van der Waals surface area contributed by atoms with Gasteiger partial charge in [0.1, 0.15) is 5.75 Å². The molecule has 1 atom stereocenters. The van der Waals surface area contributed by atoms with Crippen LogP contribution in [0.15, 0.2) is 24.3 Å². The number of alkyl halides is 3. The third-order valence-corrected chi connectivity index (χ3v) is 3.87. The monoisotopic (exact) mass is 328 g/mol. The number of likely N-dealkylation sites (tertiary alicyclic amines) is 1. The van der Waals surface area contributed by atoms with Crippen LogP contribution in [-0.2, 0) is 9.59 Å². The van der Waals surface area contributed by atoms with Gasteiger partial charge in [-0.2, -0.15) is 0 Å². The number of benzene rings is 1. The molecule has 8 heteroatoms. The summed E-state index contributed by atoms with van der Waals surface area (Å²) in [5.41, 5.74) is 0.363. The number of rotatable bonds is 4. The van der Waals surface area contributed by atoms with E-state index < -0.39 is 12.3 Å². The minimum Gasteiger partial charge on any atom is -0.406 e. The van der Waals surface area contributed by atoms with Gasteiger partial charge >= 0.3 is 6.36 Å². The van der Waals surface area contributed by atoms with Crippen LogP contribution in [-0.4, -0.2) is 35.7 Å². The number of amides is 2. The number of ether oxygens (including phenoxy) is 1. The van der Waals surface area contributed by atoms with Gasteiger partial charge in [-0.15, -0.1) is 13.2 Å². The predicted molar refractivity (Wildman–Crippen MR) is 74.6 cm³/mol. The zero-order chi connectivity index (χ0) is 16.6. The summed E-state index contributed by atoms with van der Waals surface area (Å²) < 4.78 is 40.0. The summed E-state index contributed by atoms with van der Waals surface area (Å²) in [5.74, 6) is -1.09. The van der Waals surface area contributed by atoms with E-state index in [9.17, 15) is 22.8 Å². The molecular formula is C15H15F3N2O3. The third-order valence-electron chi connectivity index (χ3n) is 3.87. The SMILES string of the molecule is O=C(Nc1ccc(OC(F)(F)F)cc1)[C@H]1CC(=O)N(C2CC2)C1. The number of halogens is 3. The fourth-order valence-corrected chi connectivity index (χ4v) is 2.63. The molecule has 0 aromatic heterocycles. The lowest BCUT2D eigenvalue weighted by atomic mass is 10.1. The summed E-state index contributed by atoms with van der Waals surface area (Å²) in [4.78, 5) is 25.7. The smallest absolute Gasteiger partial charge is 0.406 e. The molecule has 1 aromatic carbocycles. The fourth-order valence-electron chi connectivity index (χ4n) is 2.63. The number of carbonyl (C=O) groups is 2. The van der Waals surface area contributed by atoms with Crippen molar-refractivity contribution in [3.8, 4) is 5.75 Å². The van der Waals surface area contributed by atoms with Crippen LogP contribution >= 0.6 is 0 Å². The summed E-state index contributed by atoms with van der Waals surface area (Å²) >= 11 is 0. The normalized spacial score (nSPS) is 21.4. The van der Waals surface area contributed by atoms with Crippen molar-refractivity contribution in [1.29, 1.82) is 0 Å². The van der Waals surface area contributed by atoms with Gasteiger partial charge in [0.25, 0.3) is 0 Å². The van der Waals surface area contributed by atoms with Crippen molar-refractivity contribution in [3.05, 3.63) is 24.3 Å². The molecule has 0 bridgehead atoms. The third kappa shape index (κ3) is 3.94. The van der Waals surface area contributed by atoms with Gasteiger partial charge in [-0.1, -0.05) is 0 Å². The van der Waals surface area contributed by atoms with E-state index in [0.29, 0.717) is 12.2 Å². The molecule has 0 radical (unpaired) electrons. The molecule has 1 saturated carbocycles. The Kier molecular flexibility index (Phi) is 3.91. The van der Waals surface area contributed by atoms with E-state index in [-0.39, 0.29) is 30.0 Å². The molecule has 2 amide bonds. The van der Waals surface area contributed by atoms with E-state index in [1.54, 1.807) is 4.90 Å². The molecule has 0 unspecified atom stereocenters. The number of anilines is 1. The molecule has 5 nitrogen and oxygen atoms in total. The Morgan fingerprint density at radius 2 is 1.87 bits per heavy atom. The summed E-state index contributed by atoms with van der Waals surface area (Å²) in [7, 11) is 0. The Labute approximate surface area is 130 Å². The Hall–Kier alpha value is -2.25. The summed E-state index contributed by atoms with van der Waals surface area (Å²) in [6.07, 6.45) is -2.60. The van der Waals surface area contributed by atoms with Gasteiger partial charge in [-0.3, -0.25) is 9.59 Å². The summed E-state index contributed by atoms with van der Waals surface area (Å²) in [6.45, 7) is 0.407. The van der Waals surface area contributed by atoms with Gasteiger partial charge in [-0.05, 0) is 37.1 Å². The molecule has 0 spiro atoms. The molecule has 1 aliphatic heterocycles. The summed E-state index contributed by atoms with van der Waals surface area (Å²) in [6, 6.07) is 5.18. The highest BCUT2D eigenvalue weighted by Gasteiger charge is 2.41. The second-order valence-electron chi connectivity index (χ2n) is 5.74. The highest BCUT2D eigenvalue weighted by Crippen LogP contribution is 2.33. The number of hydrogen-bond donors (Lipinski definition) is 1. The van der Waals surface area contributed by atoms with E-state index in [0.717, 1.165) is 25.0 Å². The van der Waals surface area contributed by atoms with Gasteiger partial charge in [0, 0.05) is 24.7 Å². The van der Waals surface area contributed by atoms with Crippen molar-refractivity contribution in [1.82, 2.24) is 4.90 Å². The second kappa shape index (κ2) is 5.75. The van der Waals surface area contributed by atoms with Crippen LogP contribution in [0, 0.1) is 5.92 Å². The van der Waals surface area contributed by atoms with Gasteiger partial charge in [-0.25, -0.2) is 0 Å². The lowest BCUT2D eigenvalue weighted by molar-refractivity contribution is -0.274. The predicted octanol–water partition coefficient (Wildman–Crippen LogP) is 2.53. The molecule has 1 aliphatic carbocycles. The molecule has 3 rings (SSSR count). The van der Waals surface area contributed by atoms with Crippen LogP contribution in [0.1, 0.15) is 19.3 Å². The number of nitrogens with zero attached hydrogens (tertiary/aromatic N) is 1. The van der Waals surface area contributed by atoms with Crippen molar-refractivity contribution in [3.63, 3.8) is 0 Å². The summed E-state index contributed by atoms with van der Waals surface area (Å²) in [5, 5.41) is 2.62. The molecule has 1 aromatic rings. The number of hydrogen-bond acceptors (Lipinski definition) is 3. The largest absolute Gasteiger partial charge is 0.573 e. The second-order valence-corrected chi connectivity index (χ2v) is 5.74. The maximum absolute atomic E-state index is 12.2. The topological polar surface area (TPSA) is 58.6 Å². The first-order valence-corrected chi connectivity index (χ1v) is 7.28. The fraction of sp³-hybridized carbons (Fsp3) is 0.467. The van der Waals surface area contributed by atoms with E-state index in [1.165, 1.54) is 12.1 Å². The van der Waals surface area contributed by atoms with Gasteiger partial charge in [0.2, 0.25) is 11.8 Å². The quantitative estimate of drug-likeness (QED) is 0.924.